The van der Waals surface area contributed by atoms with E-state index < -0.39 is 38.0 Å². The number of hydrogen-bond donors (Lipinski definition) is 0. The van der Waals surface area contributed by atoms with Gasteiger partial charge in [-0.1, -0.05) is 67.6 Å². The molecule has 0 amide bonds. The first-order valence-electron chi connectivity index (χ1n) is 24.5. The molecule has 10 heteroatoms. The molecule has 3 aromatic rings. The first-order chi connectivity index (χ1) is 30.5. The highest BCUT2D eigenvalue weighted by atomic mass is 31.2. The fourth-order valence-electron chi connectivity index (χ4n) is 13.0. The standard InChI is InChI=1S/C54H74O8PSi/c1-36-26-29-55-43-32-45-53(5,60-50(36)43)34-44-42(57-45)31-37(2)49-41(56-44)25-27-52(4)46(58-49)33-47-54(6,62-52)35-48(61-64(7,8)9)51(3,59-47)28-30-63(38-19-13-10-14-20-38,39-21-15-11-16-22-39)40-23-17-12-18-24-40/h10-24,26,37,41-50H,25,27-35H2,1-9H3/q+1/t37-,41+,42+,43+,44-,45-,46+,47-,48-,49-,50-,51+,52-,53+,54+/m1/s1. The van der Waals surface area contributed by atoms with Crippen LogP contribution in [0.4, 0.5) is 0 Å². The summed E-state index contributed by atoms with van der Waals surface area (Å²) in [6, 6.07) is 33.7. The van der Waals surface area contributed by atoms with Gasteiger partial charge in [-0.05, 0) is 121 Å². The van der Waals surface area contributed by atoms with Gasteiger partial charge in [-0.25, -0.2) is 0 Å². The molecule has 346 valence electrons. The van der Waals surface area contributed by atoms with Crippen LogP contribution in [0.2, 0.25) is 19.6 Å². The van der Waals surface area contributed by atoms with Crippen LogP contribution in [0.15, 0.2) is 103 Å². The van der Waals surface area contributed by atoms with Crippen LogP contribution in [-0.4, -0.2) is 105 Å². The monoisotopic (exact) mass is 909 g/mol. The van der Waals surface area contributed by atoms with Crippen molar-refractivity contribution in [1.29, 1.82) is 0 Å². The molecule has 0 unspecified atom stereocenters. The van der Waals surface area contributed by atoms with Crippen LogP contribution in [0.3, 0.4) is 0 Å². The van der Waals surface area contributed by atoms with E-state index >= 15 is 0 Å². The number of benzene rings is 3. The van der Waals surface area contributed by atoms with Gasteiger partial charge in [-0.2, -0.15) is 0 Å². The van der Waals surface area contributed by atoms with E-state index in [-0.39, 0.29) is 67.0 Å². The molecule has 7 heterocycles. The second kappa shape index (κ2) is 17.0. The molecule has 0 saturated carbocycles. The molecule has 0 N–H and O–H groups in total. The van der Waals surface area contributed by atoms with Gasteiger partial charge in [-0.3, -0.25) is 0 Å². The van der Waals surface area contributed by atoms with Crippen molar-refractivity contribution in [2.45, 2.75) is 196 Å². The summed E-state index contributed by atoms with van der Waals surface area (Å²) in [5, 5.41) is 4.17. The minimum Gasteiger partial charge on any atom is -0.412 e. The van der Waals surface area contributed by atoms with Crippen molar-refractivity contribution < 1.29 is 37.6 Å². The minimum absolute atomic E-state index is 0.00966. The average Bonchev–Trinajstić information content (AvgIpc) is 3.47. The Hall–Kier alpha value is -2.27. The van der Waals surface area contributed by atoms with Crippen LogP contribution in [-0.2, 0) is 37.6 Å². The molecule has 15 atom stereocenters. The molecule has 10 rings (SSSR count). The lowest BCUT2D eigenvalue weighted by Gasteiger charge is -2.60. The number of ether oxygens (including phenoxy) is 7. The Morgan fingerprint density at radius 1 is 0.656 bits per heavy atom. The first-order valence-corrected chi connectivity index (χ1v) is 29.9. The van der Waals surface area contributed by atoms with Gasteiger partial charge in [-0.15, -0.1) is 0 Å². The quantitative estimate of drug-likeness (QED) is 0.126. The normalized spacial score (nSPS) is 42.2. The van der Waals surface area contributed by atoms with Crippen LogP contribution in [0, 0.1) is 5.92 Å². The van der Waals surface area contributed by atoms with E-state index in [9.17, 15) is 0 Å². The fourth-order valence-corrected chi connectivity index (χ4v) is 18.6. The van der Waals surface area contributed by atoms with E-state index in [1.807, 2.05) is 0 Å². The number of rotatable bonds is 8. The van der Waals surface area contributed by atoms with Crippen LogP contribution < -0.4 is 15.9 Å². The van der Waals surface area contributed by atoms with Gasteiger partial charge in [0.1, 0.15) is 29.3 Å². The van der Waals surface area contributed by atoms with Crippen molar-refractivity contribution in [3.05, 3.63) is 103 Å². The zero-order chi connectivity index (χ0) is 44.7. The van der Waals surface area contributed by atoms with Gasteiger partial charge in [0.15, 0.2) is 8.32 Å². The van der Waals surface area contributed by atoms with E-state index in [2.05, 4.69) is 158 Å². The minimum atomic E-state index is -2.12. The SMILES string of the molecule is CC1=CCO[C@H]2C[C@H]3O[C@H]4C[C@@H](C)[C@H]5O[C@H]6C[C@H]7O[C@@](C)(CC[P+](c8ccccc8)(c8ccccc8)c8ccccc8)[C@H](O[Si](C)(C)C)C[C@]7(C)O[C@]6(C)CC[C@@H]5O[C@@H]4C[C@]3(C)O[C@H]12. The number of hydrogen-bond acceptors (Lipinski definition) is 8. The Kier molecular flexibility index (Phi) is 12.1. The van der Waals surface area contributed by atoms with Gasteiger partial charge in [0.05, 0.1) is 90.1 Å². The fraction of sp³-hybridized carbons (Fsp3) is 0.630. The molecule has 0 spiro atoms. The Morgan fingerprint density at radius 2 is 1.28 bits per heavy atom. The molecule has 0 radical (unpaired) electrons. The Labute approximate surface area is 384 Å². The topological polar surface area (TPSA) is 73.8 Å². The smallest absolute Gasteiger partial charge is 0.184 e. The third-order valence-electron chi connectivity index (χ3n) is 16.5. The lowest BCUT2D eigenvalue weighted by Crippen LogP contribution is -2.69. The van der Waals surface area contributed by atoms with Crippen molar-refractivity contribution in [2.24, 2.45) is 5.92 Å². The molecule has 0 aromatic heterocycles. The van der Waals surface area contributed by atoms with Crippen LogP contribution in [0.1, 0.15) is 92.9 Å². The molecular weight excluding hydrogens is 836 g/mol. The second-order valence-electron chi connectivity index (χ2n) is 22.4. The van der Waals surface area contributed by atoms with E-state index in [0.29, 0.717) is 6.61 Å². The second-order valence-corrected chi connectivity index (χ2v) is 30.5. The zero-order valence-corrected chi connectivity index (χ0v) is 41.8. The highest BCUT2D eigenvalue weighted by molar-refractivity contribution is 7.95. The van der Waals surface area contributed by atoms with Crippen molar-refractivity contribution in [1.82, 2.24) is 0 Å². The van der Waals surface area contributed by atoms with E-state index in [0.717, 1.165) is 57.5 Å². The highest BCUT2D eigenvalue weighted by Gasteiger charge is 2.63. The van der Waals surface area contributed by atoms with Crippen LogP contribution in [0.25, 0.3) is 0 Å². The predicted molar refractivity (Wildman–Crippen MR) is 258 cm³/mol. The van der Waals surface area contributed by atoms with Gasteiger partial charge in [0.2, 0.25) is 0 Å². The average molecular weight is 910 g/mol. The summed E-state index contributed by atoms with van der Waals surface area (Å²) in [5.74, 6) is 0.242. The number of fused-ring (bicyclic) bond motifs is 6. The van der Waals surface area contributed by atoms with Gasteiger partial charge < -0.3 is 37.6 Å². The largest absolute Gasteiger partial charge is 0.412 e. The Morgan fingerprint density at radius 3 is 1.91 bits per heavy atom. The van der Waals surface area contributed by atoms with Crippen molar-refractivity contribution >= 4 is 31.5 Å². The first kappa shape index (κ1) is 45.5. The lowest BCUT2D eigenvalue weighted by atomic mass is 9.73. The molecule has 0 bridgehead atoms. The van der Waals surface area contributed by atoms with Gasteiger partial charge >= 0.3 is 0 Å². The molecule has 6 fully saturated rings. The van der Waals surface area contributed by atoms with Crippen LogP contribution >= 0.6 is 7.26 Å². The summed E-state index contributed by atoms with van der Waals surface area (Å²) in [5.41, 5.74) is -0.777. The summed E-state index contributed by atoms with van der Waals surface area (Å²) >= 11 is 0. The molecule has 6 saturated heterocycles. The van der Waals surface area contributed by atoms with Crippen molar-refractivity contribution in [3.63, 3.8) is 0 Å². The predicted octanol–water partition coefficient (Wildman–Crippen LogP) is 9.47. The summed E-state index contributed by atoms with van der Waals surface area (Å²) in [6.45, 7) is 21.2. The van der Waals surface area contributed by atoms with Gasteiger partial charge in [0, 0.05) is 32.1 Å². The summed E-state index contributed by atoms with van der Waals surface area (Å²) in [6.07, 6.45) is 9.08. The summed E-state index contributed by atoms with van der Waals surface area (Å²) in [4.78, 5) is 0. The Balaban J connectivity index is 0.926. The third-order valence-corrected chi connectivity index (χ3v) is 21.9. The van der Waals surface area contributed by atoms with E-state index in [1.165, 1.54) is 21.5 Å². The van der Waals surface area contributed by atoms with Crippen LogP contribution in [0.5, 0.6) is 0 Å². The highest BCUT2D eigenvalue weighted by Crippen LogP contribution is 2.59. The maximum Gasteiger partial charge on any atom is 0.184 e. The molecular formula is C54H74O8PSi+. The zero-order valence-electron chi connectivity index (χ0n) is 39.9. The Bertz CT molecular complexity index is 2040. The molecule has 3 aromatic carbocycles. The van der Waals surface area contributed by atoms with Crippen molar-refractivity contribution in [2.75, 3.05) is 12.8 Å². The molecule has 8 nitrogen and oxygen atoms in total. The lowest BCUT2D eigenvalue weighted by molar-refractivity contribution is -0.338. The van der Waals surface area contributed by atoms with Gasteiger partial charge in [0.25, 0.3) is 0 Å². The van der Waals surface area contributed by atoms with E-state index in [1.54, 1.807) is 0 Å². The van der Waals surface area contributed by atoms with Crippen molar-refractivity contribution in [3.8, 4) is 0 Å². The molecule has 7 aliphatic rings. The summed E-state index contributed by atoms with van der Waals surface area (Å²) < 4.78 is 57.3. The molecule has 0 aliphatic carbocycles. The van der Waals surface area contributed by atoms with E-state index in [4.69, 9.17) is 37.6 Å². The summed E-state index contributed by atoms with van der Waals surface area (Å²) in [7, 11) is -4.14. The molecule has 7 aliphatic heterocycles. The molecule has 64 heavy (non-hydrogen) atoms. The maximum atomic E-state index is 7.69. The maximum absolute atomic E-state index is 7.69. The third kappa shape index (κ3) is 8.28.